The average Bonchev–Trinajstić information content (AvgIpc) is 3.34. The number of carbonyl (C=O) groups is 1. The first-order chi connectivity index (χ1) is 13.7. The Labute approximate surface area is 160 Å². The van der Waals surface area contributed by atoms with Crippen molar-refractivity contribution in [3.63, 3.8) is 0 Å². The van der Waals surface area contributed by atoms with Crippen LogP contribution in [0.3, 0.4) is 0 Å². The summed E-state index contributed by atoms with van der Waals surface area (Å²) in [5.74, 6) is 1.94. The molecule has 0 saturated carbocycles. The highest BCUT2D eigenvalue weighted by atomic mass is 16.7. The van der Waals surface area contributed by atoms with E-state index in [9.17, 15) is 4.79 Å². The van der Waals surface area contributed by atoms with Gasteiger partial charge in [-0.3, -0.25) is 4.79 Å². The molecule has 9 heteroatoms. The number of aromatic nitrogens is 3. The topological polar surface area (TPSA) is 103 Å². The number of rotatable bonds is 3. The van der Waals surface area contributed by atoms with E-state index in [2.05, 4.69) is 25.3 Å². The number of piperidine rings is 1. The Morgan fingerprint density at radius 3 is 3.07 bits per heavy atom. The highest BCUT2D eigenvalue weighted by molar-refractivity contribution is 5.94. The van der Waals surface area contributed by atoms with Crippen molar-refractivity contribution in [3.05, 3.63) is 30.2 Å². The molecule has 144 valence electrons. The molecule has 0 bridgehead atoms. The summed E-state index contributed by atoms with van der Waals surface area (Å²) >= 11 is 0. The first-order valence-electron chi connectivity index (χ1n) is 9.21. The fourth-order valence-electron chi connectivity index (χ4n) is 3.75. The smallest absolute Gasteiger partial charge is 0.263 e. The summed E-state index contributed by atoms with van der Waals surface area (Å²) in [7, 11) is 0. The van der Waals surface area contributed by atoms with Crippen LogP contribution in [0.25, 0.3) is 11.1 Å². The fraction of sp³-hybridized carbons (Fsp3) is 0.368. The van der Waals surface area contributed by atoms with Gasteiger partial charge in [-0.1, -0.05) is 5.16 Å². The van der Waals surface area contributed by atoms with Crippen molar-refractivity contribution in [1.29, 1.82) is 0 Å². The molecular weight excluding hydrogens is 362 g/mol. The molecule has 2 aliphatic heterocycles. The number of fused-ring (bicyclic) bond motifs is 2. The van der Waals surface area contributed by atoms with Crippen LogP contribution in [0.15, 0.2) is 29.0 Å². The second-order valence-corrected chi connectivity index (χ2v) is 6.99. The molecule has 0 radical (unpaired) electrons. The van der Waals surface area contributed by atoms with Crippen LogP contribution in [0.2, 0.25) is 0 Å². The van der Waals surface area contributed by atoms with Crippen molar-refractivity contribution in [2.45, 2.75) is 19.8 Å². The minimum absolute atomic E-state index is 0.0177. The summed E-state index contributed by atoms with van der Waals surface area (Å²) in [6.07, 6.45) is 3.19. The lowest BCUT2D eigenvalue weighted by Crippen LogP contribution is -2.41. The van der Waals surface area contributed by atoms with Crippen molar-refractivity contribution in [1.82, 2.24) is 15.1 Å². The molecule has 9 nitrogen and oxygen atoms in total. The Bertz CT molecular complexity index is 1050. The van der Waals surface area contributed by atoms with Crippen molar-refractivity contribution in [3.8, 4) is 11.5 Å². The maximum absolute atomic E-state index is 12.9. The molecular formula is C19H19N5O4. The van der Waals surface area contributed by atoms with E-state index in [-0.39, 0.29) is 18.6 Å². The molecule has 1 saturated heterocycles. The van der Waals surface area contributed by atoms with Crippen LogP contribution in [0, 0.1) is 12.8 Å². The predicted octanol–water partition coefficient (Wildman–Crippen LogP) is 2.51. The number of ether oxygens (including phenoxy) is 2. The molecule has 1 amide bonds. The van der Waals surface area contributed by atoms with Gasteiger partial charge in [-0.25, -0.2) is 4.98 Å². The highest BCUT2D eigenvalue weighted by Gasteiger charge is 2.29. The van der Waals surface area contributed by atoms with Crippen LogP contribution in [0.1, 0.15) is 18.5 Å². The van der Waals surface area contributed by atoms with Crippen LogP contribution < -0.4 is 19.7 Å². The number of nitrogens with one attached hydrogen (secondary N) is 1. The average molecular weight is 381 g/mol. The number of anilines is 2. The van der Waals surface area contributed by atoms with Crippen molar-refractivity contribution < 1.29 is 18.8 Å². The minimum atomic E-state index is -0.149. The van der Waals surface area contributed by atoms with Gasteiger partial charge in [0.2, 0.25) is 12.7 Å². The van der Waals surface area contributed by atoms with E-state index < -0.39 is 0 Å². The number of carbonyl (C=O) groups excluding carboxylic acids is 1. The molecule has 2 aromatic heterocycles. The number of amides is 1. The van der Waals surface area contributed by atoms with Crippen LogP contribution in [-0.2, 0) is 4.79 Å². The van der Waals surface area contributed by atoms with E-state index in [0.717, 1.165) is 36.3 Å². The third kappa shape index (κ3) is 2.88. The summed E-state index contributed by atoms with van der Waals surface area (Å²) in [6.45, 7) is 3.48. The zero-order valence-corrected chi connectivity index (χ0v) is 15.3. The zero-order chi connectivity index (χ0) is 19.1. The molecule has 5 rings (SSSR count). The van der Waals surface area contributed by atoms with Gasteiger partial charge < -0.3 is 24.2 Å². The van der Waals surface area contributed by atoms with Gasteiger partial charge in [-0.05, 0) is 31.9 Å². The maximum atomic E-state index is 12.9. The molecule has 1 aromatic carbocycles. The molecule has 1 atom stereocenters. The molecule has 2 aliphatic rings. The monoisotopic (exact) mass is 381 g/mol. The lowest BCUT2D eigenvalue weighted by molar-refractivity contribution is -0.120. The number of benzene rings is 1. The maximum Gasteiger partial charge on any atom is 0.263 e. The number of hydrogen-bond donors (Lipinski definition) is 1. The fourth-order valence-corrected chi connectivity index (χ4v) is 3.75. The molecule has 0 unspecified atom stereocenters. The van der Waals surface area contributed by atoms with Crippen molar-refractivity contribution in [2.24, 2.45) is 5.92 Å². The van der Waals surface area contributed by atoms with Crippen LogP contribution in [0.4, 0.5) is 11.5 Å². The lowest BCUT2D eigenvalue weighted by atomic mass is 9.96. The van der Waals surface area contributed by atoms with Gasteiger partial charge in [0, 0.05) is 24.8 Å². The normalized spacial score (nSPS) is 18.5. The van der Waals surface area contributed by atoms with Crippen LogP contribution in [-0.4, -0.2) is 40.9 Å². The van der Waals surface area contributed by atoms with Gasteiger partial charge in [0.1, 0.15) is 17.5 Å². The molecule has 4 heterocycles. The van der Waals surface area contributed by atoms with Gasteiger partial charge in [-0.15, -0.1) is 0 Å². The van der Waals surface area contributed by atoms with Gasteiger partial charge in [0.05, 0.1) is 11.6 Å². The zero-order valence-electron chi connectivity index (χ0n) is 15.3. The van der Waals surface area contributed by atoms with Gasteiger partial charge >= 0.3 is 0 Å². The van der Waals surface area contributed by atoms with E-state index in [0.29, 0.717) is 29.4 Å². The summed E-state index contributed by atoms with van der Waals surface area (Å²) in [5, 5.41) is 7.78. The Kier molecular flexibility index (Phi) is 4.00. The van der Waals surface area contributed by atoms with E-state index in [1.54, 1.807) is 12.1 Å². The molecule has 1 fully saturated rings. The summed E-state index contributed by atoms with van der Waals surface area (Å²) < 4.78 is 15.9. The Hall–Kier alpha value is -3.36. The van der Waals surface area contributed by atoms with E-state index in [4.69, 9.17) is 14.0 Å². The molecule has 3 aromatic rings. The van der Waals surface area contributed by atoms with Crippen LogP contribution in [0.5, 0.6) is 11.5 Å². The molecule has 1 N–H and O–H groups in total. The molecule has 0 aliphatic carbocycles. The van der Waals surface area contributed by atoms with Gasteiger partial charge in [0.15, 0.2) is 11.5 Å². The van der Waals surface area contributed by atoms with Gasteiger partial charge in [0.25, 0.3) is 5.71 Å². The van der Waals surface area contributed by atoms with E-state index in [1.165, 1.54) is 6.33 Å². The lowest BCUT2D eigenvalue weighted by Gasteiger charge is -2.33. The SMILES string of the molecule is Cc1noc2ncnc(N3CCC[C@@H](C(=O)Nc4ccc5c(c4)OCO5)C3)c12. The largest absolute Gasteiger partial charge is 0.454 e. The first kappa shape index (κ1) is 16.8. The summed E-state index contributed by atoms with van der Waals surface area (Å²) in [6, 6.07) is 5.41. The Balaban J connectivity index is 1.34. The number of aryl methyl sites for hydroxylation is 1. The third-order valence-electron chi connectivity index (χ3n) is 5.16. The second kappa shape index (κ2) is 6.66. The number of nitrogens with zero attached hydrogens (tertiary/aromatic N) is 4. The Morgan fingerprint density at radius 1 is 1.25 bits per heavy atom. The van der Waals surface area contributed by atoms with E-state index in [1.807, 2.05) is 13.0 Å². The standard InChI is InChI=1S/C19H19N5O4/c1-11-16-17(20-9-21-19(16)28-23-11)24-6-2-3-12(8-24)18(25)22-13-4-5-14-15(7-13)27-10-26-14/h4-5,7,9,12H,2-3,6,8,10H2,1H3,(H,22,25)/t12-/m1/s1. The quantitative estimate of drug-likeness (QED) is 0.738. The molecule has 28 heavy (non-hydrogen) atoms. The highest BCUT2D eigenvalue weighted by Crippen LogP contribution is 2.35. The molecule has 0 spiro atoms. The van der Waals surface area contributed by atoms with Gasteiger partial charge in [-0.2, -0.15) is 4.98 Å². The van der Waals surface area contributed by atoms with Crippen molar-refractivity contribution in [2.75, 3.05) is 30.1 Å². The summed E-state index contributed by atoms with van der Waals surface area (Å²) in [5.41, 5.74) is 1.91. The number of hydrogen-bond acceptors (Lipinski definition) is 8. The predicted molar refractivity (Wildman–Crippen MR) is 100 cm³/mol. The minimum Gasteiger partial charge on any atom is -0.454 e. The summed E-state index contributed by atoms with van der Waals surface area (Å²) in [4.78, 5) is 23.5. The Morgan fingerprint density at radius 2 is 2.14 bits per heavy atom. The third-order valence-corrected chi connectivity index (χ3v) is 5.16. The van der Waals surface area contributed by atoms with E-state index >= 15 is 0 Å². The van der Waals surface area contributed by atoms with Crippen molar-refractivity contribution >= 4 is 28.5 Å². The second-order valence-electron chi connectivity index (χ2n) is 6.99. The van der Waals surface area contributed by atoms with Crippen LogP contribution >= 0.6 is 0 Å². The first-order valence-corrected chi connectivity index (χ1v) is 9.21.